The molecule has 4 saturated heterocycles. The van der Waals surface area contributed by atoms with E-state index in [0.717, 1.165) is 11.8 Å². The van der Waals surface area contributed by atoms with Gasteiger partial charge in [0.2, 0.25) is 0 Å². The average molecular weight is 270 g/mol. The third kappa shape index (κ3) is 2.10. The summed E-state index contributed by atoms with van der Waals surface area (Å²) < 4.78 is 0. The molecular weight excluding hydrogens is 244 g/mol. The lowest BCUT2D eigenvalue weighted by atomic mass is 9.56. The van der Waals surface area contributed by atoms with Crippen LogP contribution >= 0.6 is 0 Å². The molecule has 108 valence electrons. The van der Waals surface area contributed by atoms with Gasteiger partial charge in [-0.15, -0.1) is 0 Å². The molecule has 0 aromatic heterocycles. The molecule has 4 aliphatic rings. The van der Waals surface area contributed by atoms with Crippen molar-refractivity contribution in [3.8, 4) is 0 Å². The smallest absolute Gasteiger partial charge is 0.00444 e. The number of hydrogen-bond donors (Lipinski definition) is 1. The Morgan fingerprint density at radius 1 is 1.15 bits per heavy atom. The Kier molecular flexibility index (Phi) is 3.31. The van der Waals surface area contributed by atoms with Crippen molar-refractivity contribution in [2.75, 3.05) is 32.7 Å². The Labute approximate surface area is 122 Å². The summed E-state index contributed by atoms with van der Waals surface area (Å²) in [7, 11) is 0. The summed E-state index contributed by atoms with van der Waals surface area (Å²) in [5.41, 5.74) is 2.13. The minimum Gasteiger partial charge on any atom is -0.316 e. The Bertz CT molecular complexity index is 450. The topological polar surface area (TPSA) is 15.3 Å². The normalized spacial score (nSPS) is 40.1. The highest BCUT2D eigenvalue weighted by Crippen LogP contribution is 2.51. The van der Waals surface area contributed by atoms with Crippen LogP contribution in [-0.4, -0.2) is 37.6 Å². The van der Waals surface area contributed by atoms with E-state index in [4.69, 9.17) is 0 Å². The Hall–Kier alpha value is -0.860. The third-order valence-corrected chi connectivity index (χ3v) is 6.21. The molecule has 1 spiro atoms. The summed E-state index contributed by atoms with van der Waals surface area (Å²) in [5.74, 6) is 1.81. The van der Waals surface area contributed by atoms with Gasteiger partial charge in [-0.2, -0.15) is 0 Å². The van der Waals surface area contributed by atoms with Gasteiger partial charge in [-0.3, -0.25) is 0 Å². The second-order valence-corrected chi connectivity index (χ2v) is 7.12. The molecule has 2 heteroatoms. The minimum atomic E-state index is 0.609. The summed E-state index contributed by atoms with van der Waals surface area (Å²) in [4.78, 5) is 2.74. The van der Waals surface area contributed by atoms with Crippen molar-refractivity contribution in [2.24, 2.45) is 17.3 Å². The molecule has 2 unspecified atom stereocenters. The van der Waals surface area contributed by atoms with Gasteiger partial charge in [0.05, 0.1) is 0 Å². The molecular formula is C18H26N2. The van der Waals surface area contributed by atoms with Crippen LogP contribution in [-0.2, 0) is 6.42 Å². The SMILES string of the molecule is c1ccc(CC2CNCCC23CN2CCC3CC2)cc1. The molecule has 1 N–H and O–H groups in total. The number of benzene rings is 1. The third-order valence-electron chi connectivity index (χ3n) is 6.21. The van der Waals surface area contributed by atoms with Crippen molar-refractivity contribution < 1.29 is 0 Å². The van der Waals surface area contributed by atoms with Crippen LogP contribution < -0.4 is 5.32 Å². The van der Waals surface area contributed by atoms with Crippen molar-refractivity contribution in [3.05, 3.63) is 35.9 Å². The Morgan fingerprint density at radius 2 is 1.95 bits per heavy atom. The summed E-state index contributed by atoms with van der Waals surface area (Å²) in [6.07, 6.45) is 5.56. The predicted molar refractivity (Wildman–Crippen MR) is 82.7 cm³/mol. The van der Waals surface area contributed by atoms with E-state index >= 15 is 0 Å². The van der Waals surface area contributed by atoms with Gasteiger partial charge in [-0.25, -0.2) is 0 Å². The van der Waals surface area contributed by atoms with Crippen LogP contribution in [0.25, 0.3) is 0 Å². The fourth-order valence-corrected chi connectivity index (χ4v) is 5.14. The molecule has 20 heavy (non-hydrogen) atoms. The largest absolute Gasteiger partial charge is 0.316 e. The number of hydrogen-bond acceptors (Lipinski definition) is 2. The zero-order valence-corrected chi connectivity index (χ0v) is 12.4. The van der Waals surface area contributed by atoms with Crippen molar-refractivity contribution in [3.63, 3.8) is 0 Å². The second kappa shape index (κ2) is 5.16. The Morgan fingerprint density at radius 3 is 2.65 bits per heavy atom. The lowest BCUT2D eigenvalue weighted by Crippen LogP contribution is -2.62. The highest BCUT2D eigenvalue weighted by molar-refractivity contribution is 5.17. The zero-order valence-electron chi connectivity index (χ0n) is 12.4. The first-order valence-corrected chi connectivity index (χ1v) is 8.34. The van der Waals surface area contributed by atoms with E-state index in [1.54, 1.807) is 0 Å². The fraction of sp³-hybridized carbons (Fsp3) is 0.667. The molecule has 0 aliphatic carbocycles. The molecule has 1 aromatic carbocycles. The van der Waals surface area contributed by atoms with Crippen LogP contribution in [0.1, 0.15) is 24.8 Å². The average Bonchev–Trinajstić information content (AvgIpc) is 2.52. The molecule has 4 aliphatic heterocycles. The molecule has 2 atom stereocenters. The predicted octanol–water partition coefficient (Wildman–Crippen LogP) is 2.55. The van der Waals surface area contributed by atoms with Gasteiger partial charge in [-0.1, -0.05) is 30.3 Å². The van der Waals surface area contributed by atoms with Crippen molar-refractivity contribution >= 4 is 0 Å². The van der Waals surface area contributed by atoms with Crippen LogP contribution in [0, 0.1) is 17.3 Å². The minimum absolute atomic E-state index is 0.609. The first kappa shape index (κ1) is 12.8. The van der Waals surface area contributed by atoms with Gasteiger partial charge in [0, 0.05) is 6.54 Å². The molecule has 2 nitrogen and oxygen atoms in total. The molecule has 2 bridgehead atoms. The van der Waals surface area contributed by atoms with Gasteiger partial charge in [0.1, 0.15) is 0 Å². The maximum Gasteiger partial charge on any atom is 0.00444 e. The maximum absolute atomic E-state index is 3.67. The van der Waals surface area contributed by atoms with Crippen LogP contribution in [0.5, 0.6) is 0 Å². The molecule has 0 radical (unpaired) electrons. The standard InChI is InChI=1S/C18H26N2/c1-2-4-15(5-3-1)12-17-13-19-9-8-18(17)14-20-10-6-16(18)7-11-20/h1-5,16-17,19H,6-14H2. The summed E-state index contributed by atoms with van der Waals surface area (Å²) in [6.45, 7) is 6.54. The van der Waals surface area contributed by atoms with E-state index in [1.165, 1.54) is 64.0 Å². The first-order valence-electron chi connectivity index (χ1n) is 8.34. The summed E-state index contributed by atoms with van der Waals surface area (Å²) >= 11 is 0. The van der Waals surface area contributed by atoms with Gasteiger partial charge < -0.3 is 10.2 Å². The molecule has 0 amide bonds. The van der Waals surface area contributed by atoms with E-state index < -0.39 is 0 Å². The number of fused-ring (bicyclic) bond motifs is 2. The van der Waals surface area contributed by atoms with Gasteiger partial charge in [-0.05, 0) is 74.7 Å². The van der Waals surface area contributed by atoms with E-state index in [-0.39, 0.29) is 0 Å². The number of piperidine rings is 4. The van der Waals surface area contributed by atoms with E-state index in [9.17, 15) is 0 Å². The number of nitrogens with zero attached hydrogens (tertiary/aromatic N) is 1. The lowest BCUT2D eigenvalue weighted by Gasteiger charge is -2.59. The summed E-state index contributed by atoms with van der Waals surface area (Å²) in [5, 5.41) is 3.67. The quantitative estimate of drug-likeness (QED) is 0.888. The van der Waals surface area contributed by atoms with Crippen LogP contribution in [0.3, 0.4) is 0 Å². The van der Waals surface area contributed by atoms with E-state index in [1.807, 2.05) is 0 Å². The molecule has 5 rings (SSSR count). The van der Waals surface area contributed by atoms with Crippen LogP contribution in [0.15, 0.2) is 30.3 Å². The van der Waals surface area contributed by atoms with Crippen molar-refractivity contribution in [2.45, 2.75) is 25.7 Å². The van der Waals surface area contributed by atoms with Crippen molar-refractivity contribution in [1.82, 2.24) is 10.2 Å². The molecule has 4 fully saturated rings. The number of rotatable bonds is 2. The van der Waals surface area contributed by atoms with E-state index in [0.29, 0.717) is 5.41 Å². The monoisotopic (exact) mass is 270 g/mol. The zero-order chi connectivity index (χ0) is 13.4. The fourth-order valence-electron chi connectivity index (χ4n) is 5.14. The molecule has 0 saturated carbocycles. The highest BCUT2D eigenvalue weighted by Gasteiger charge is 2.51. The maximum atomic E-state index is 3.67. The van der Waals surface area contributed by atoms with Gasteiger partial charge >= 0.3 is 0 Å². The lowest BCUT2D eigenvalue weighted by molar-refractivity contribution is -0.0835. The molecule has 4 heterocycles. The first-order chi connectivity index (χ1) is 9.87. The molecule has 1 aromatic rings. The van der Waals surface area contributed by atoms with Gasteiger partial charge in [0.15, 0.2) is 0 Å². The van der Waals surface area contributed by atoms with Crippen LogP contribution in [0.4, 0.5) is 0 Å². The Balaban J connectivity index is 1.60. The van der Waals surface area contributed by atoms with Crippen molar-refractivity contribution in [1.29, 1.82) is 0 Å². The highest BCUT2D eigenvalue weighted by atomic mass is 15.2. The van der Waals surface area contributed by atoms with Crippen LogP contribution in [0.2, 0.25) is 0 Å². The second-order valence-electron chi connectivity index (χ2n) is 7.12. The number of nitrogens with one attached hydrogen (secondary N) is 1. The van der Waals surface area contributed by atoms with E-state index in [2.05, 4.69) is 40.5 Å². The van der Waals surface area contributed by atoms with Gasteiger partial charge in [0.25, 0.3) is 0 Å². The summed E-state index contributed by atoms with van der Waals surface area (Å²) in [6, 6.07) is 11.1.